The molecule has 0 spiro atoms. The molecule has 3 heterocycles. The highest BCUT2D eigenvalue weighted by molar-refractivity contribution is 5.89. The molecule has 2 aromatic rings. The van der Waals surface area contributed by atoms with Gasteiger partial charge in [-0.2, -0.15) is 0 Å². The number of pyridine rings is 1. The third-order valence-electron chi connectivity index (χ3n) is 6.61. The molecule has 29 heavy (non-hydrogen) atoms. The molecule has 1 saturated carbocycles. The number of carbonyl (C=O) groups is 1. The first-order valence-electron chi connectivity index (χ1n) is 10.8. The number of nitrogens with zero attached hydrogens (tertiary/aromatic N) is 4. The van der Waals surface area contributed by atoms with E-state index in [9.17, 15) is 4.79 Å². The number of benzene rings is 1. The van der Waals surface area contributed by atoms with E-state index in [2.05, 4.69) is 32.2 Å². The van der Waals surface area contributed by atoms with Crippen LogP contribution in [-0.4, -0.2) is 53.0 Å². The minimum Gasteiger partial charge on any atom is -0.354 e. The van der Waals surface area contributed by atoms with Gasteiger partial charge in [-0.1, -0.05) is 37.1 Å². The summed E-state index contributed by atoms with van der Waals surface area (Å²) in [6.07, 6.45) is 7.30. The maximum atomic E-state index is 12.6. The number of piperazine rings is 1. The molecule has 5 rings (SSSR count). The van der Waals surface area contributed by atoms with E-state index in [0.717, 1.165) is 43.7 Å². The summed E-state index contributed by atoms with van der Waals surface area (Å²) >= 11 is 0. The molecule has 1 N–H and O–H groups in total. The maximum Gasteiger partial charge on any atom is 0.322 e. The highest BCUT2D eigenvalue weighted by Gasteiger charge is 2.27. The minimum absolute atomic E-state index is 0.0686. The van der Waals surface area contributed by atoms with Crippen LogP contribution in [0.1, 0.15) is 36.8 Å². The Balaban J connectivity index is 1.14. The third-order valence-corrected chi connectivity index (χ3v) is 6.61. The lowest BCUT2D eigenvalue weighted by Gasteiger charge is -2.38. The van der Waals surface area contributed by atoms with Crippen molar-refractivity contribution in [1.82, 2.24) is 14.8 Å². The van der Waals surface area contributed by atoms with Gasteiger partial charge in [0.2, 0.25) is 0 Å². The Morgan fingerprint density at radius 3 is 2.24 bits per heavy atom. The molecule has 2 amide bonds. The SMILES string of the molecule is O=C(Nc1ccc(N2CCN(C3CCCC3)CC2)nc1)N1Cc2ccccc2C1. The molecule has 1 aromatic carbocycles. The molecule has 152 valence electrons. The second-order valence-corrected chi connectivity index (χ2v) is 8.42. The number of anilines is 2. The average molecular weight is 392 g/mol. The molecule has 1 aliphatic carbocycles. The molecule has 6 nitrogen and oxygen atoms in total. The number of amides is 2. The van der Waals surface area contributed by atoms with E-state index in [4.69, 9.17) is 0 Å². The second kappa shape index (κ2) is 8.03. The number of rotatable bonds is 3. The summed E-state index contributed by atoms with van der Waals surface area (Å²) in [4.78, 5) is 24.1. The van der Waals surface area contributed by atoms with Gasteiger partial charge < -0.3 is 15.1 Å². The Kier molecular flexibility index (Phi) is 5.10. The number of carbonyl (C=O) groups excluding carboxylic acids is 1. The van der Waals surface area contributed by atoms with E-state index in [1.807, 2.05) is 29.2 Å². The molecule has 1 saturated heterocycles. The summed E-state index contributed by atoms with van der Waals surface area (Å²) in [7, 11) is 0. The van der Waals surface area contributed by atoms with Crippen molar-refractivity contribution < 1.29 is 4.79 Å². The molecule has 0 bridgehead atoms. The lowest BCUT2D eigenvalue weighted by atomic mass is 10.1. The second-order valence-electron chi connectivity index (χ2n) is 8.42. The van der Waals surface area contributed by atoms with Crippen LogP contribution in [0.25, 0.3) is 0 Å². The minimum atomic E-state index is -0.0686. The van der Waals surface area contributed by atoms with Crippen molar-refractivity contribution in [3.63, 3.8) is 0 Å². The van der Waals surface area contributed by atoms with Gasteiger partial charge in [-0.3, -0.25) is 4.90 Å². The number of aromatic nitrogens is 1. The zero-order chi connectivity index (χ0) is 19.6. The molecule has 6 heteroatoms. The molecular weight excluding hydrogens is 362 g/mol. The first-order chi connectivity index (χ1) is 14.3. The van der Waals surface area contributed by atoms with Crippen LogP contribution >= 0.6 is 0 Å². The van der Waals surface area contributed by atoms with Crippen LogP contribution < -0.4 is 10.2 Å². The lowest BCUT2D eigenvalue weighted by Crippen LogP contribution is -2.49. The third kappa shape index (κ3) is 3.94. The van der Waals surface area contributed by atoms with Gasteiger partial charge in [0, 0.05) is 45.3 Å². The van der Waals surface area contributed by atoms with Crippen molar-refractivity contribution in [2.45, 2.75) is 44.8 Å². The van der Waals surface area contributed by atoms with Crippen LogP contribution in [0.4, 0.5) is 16.3 Å². The molecule has 0 unspecified atom stereocenters. The molecule has 0 atom stereocenters. The Morgan fingerprint density at radius 1 is 0.931 bits per heavy atom. The van der Waals surface area contributed by atoms with E-state index in [1.54, 1.807) is 6.20 Å². The van der Waals surface area contributed by atoms with E-state index < -0.39 is 0 Å². The summed E-state index contributed by atoms with van der Waals surface area (Å²) in [5, 5.41) is 2.99. The van der Waals surface area contributed by atoms with Crippen LogP contribution in [0, 0.1) is 0 Å². The van der Waals surface area contributed by atoms with Crippen LogP contribution in [0.5, 0.6) is 0 Å². The fourth-order valence-electron chi connectivity index (χ4n) is 4.91. The van der Waals surface area contributed by atoms with Gasteiger partial charge in [0.15, 0.2) is 0 Å². The Labute approximate surface area is 172 Å². The van der Waals surface area contributed by atoms with E-state index >= 15 is 0 Å². The van der Waals surface area contributed by atoms with Gasteiger partial charge in [0.1, 0.15) is 5.82 Å². The van der Waals surface area contributed by atoms with Crippen LogP contribution in [0.15, 0.2) is 42.6 Å². The normalized spacial score (nSPS) is 20.1. The van der Waals surface area contributed by atoms with Crippen molar-refractivity contribution in [2.75, 3.05) is 36.4 Å². The fraction of sp³-hybridized carbons (Fsp3) is 0.478. The van der Waals surface area contributed by atoms with E-state index in [1.165, 1.54) is 36.8 Å². The van der Waals surface area contributed by atoms with Crippen molar-refractivity contribution in [3.05, 3.63) is 53.7 Å². The topological polar surface area (TPSA) is 51.7 Å². The van der Waals surface area contributed by atoms with Gasteiger partial charge in [0.25, 0.3) is 0 Å². The lowest BCUT2D eigenvalue weighted by molar-refractivity contribution is 0.187. The predicted octanol–water partition coefficient (Wildman–Crippen LogP) is 3.69. The summed E-state index contributed by atoms with van der Waals surface area (Å²) in [6, 6.07) is 13.0. The van der Waals surface area contributed by atoms with Crippen LogP contribution in [0.2, 0.25) is 0 Å². The molecule has 0 radical (unpaired) electrons. The highest BCUT2D eigenvalue weighted by Crippen LogP contribution is 2.26. The fourth-order valence-corrected chi connectivity index (χ4v) is 4.91. The maximum absolute atomic E-state index is 12.6. The number of nitrogens with one attached hydrogen (secondary N) is 1. The van der Waals surface area contributed by atoms with Gasteiger partial charge in [-0.15, -0.1) is 0 Å². The zero-order valence-corrected chi connectivity index (χ0v) is 16.9. The zero-order valence-electron chi connectivity index (χ0n) is 16.9. The van der Waals surface area contributed by atoms with Gasteiger partial charge >= 0.3 is 6.03 Å². The number of hydrogen-bond donors (Lipinski definition) is 1. The van der Waals surface area contributed by atoms with Gasteiger partial charge in [-0.05, 0) is 36.1 Å². The predicted molar refractivity (Wildman–Crippen MR) is 115 cm³/mol. The Bertz CT molecular complexity index is 829. The summed E-state index contributed by atoms with van der Waals surface area (Å²) in [6.45, 7) is 5.64. The van der Waals surface area contributed by atoms with Crippen molar-refractivity contribution in [1.29, 1.82) is 0 Å². The summed E-state index contributed by atoms with van der Waals surface area (Å²) in [5.74, 6) is 1.00. The van der Waals surface area contributed by atoms with Crippen LogP contribution in [0.3, 0.4) is 0 Å². The van der Waals surface area contributed by atoms with Gasteiger partial charge in [-0.25, -0.2) is 9.78 Å². The first-order valence-corrected chi connectivity index (χ1v) is 10.8. The monoisotopic (exact) mass is 391 g/mol. The summed E-state index contributed by atoms with van der Waals surface area (Å²) in [5.41, 5.74) is 3.21. The smallest absolute Gasteiger partial charge is 0.322 e. The largest absolute Gasteiger partial charge is 0.354 e. The van der Waals surface area contributed by atoms with Crippen LogP contribution in [-0.2, 0) is 13.1 Å². The molecule has 2 aliphatic heterocycles. The summed E-state index contributed by atoms with van der Waals surface area (Å²) < 4.78 is 0. The van der Waals surface area contributed by atoms with Gasteiger partial charge in [0.05, 0.1) is 11.9 Å². The molecule has 3 aliphatic rings. The number of urea groups is 1. The van der Waals surface area contributed by atoms with Crippen molar-refractivity contribution in [3.8, 4) is 0 Å². The Hall–Kier alpha value is -2.60. The molecule has 2 fully saturated rings. The van der Waals surface area contributed by atoms with E-state index in [-0.39, 0.29) is 6.03 Å². The molecular formula is C23H29N5O. The van der Waals surface area contributed by atoms with E-state index in [0.29, 0.717) is 13.1 Å². The quantitative estimate of drug-likeness (QED) is 0.867. The standard InChI is InChI=1S/C23H29N5O/c29-23(28-16-18-5-1-2-6-19(18)17-28)25-20-9-10-22(24-15-20)27-13-11-26(12-14-27)21-7-3-4-8-21/h1-2,5-6,9-10,15,21H,3-4,7-8,11-14,16-17H2,(H,25,29). The average Bonchev–Trinajstić information content (AvgIpc) is 3.44. The molecule has 1 aromatic heterocycles. The van der Waals surface area contributed by atoms with Crippen molar-refractivity contribution in [2.24, 2.45) is 0 Å². The number of hydrogen-bond acceptors (Lipinski definition) is 4. The first kappa shape index (κ1) is 18.4. The Morgan fingerprint density at radius 2 is 1.62 bits per heavy atom. The van der Waals surface area contributed by atoms with Crippen molar-refractivity contribution >= 4 is 17.5 Å². The number of fused-ring (bicyclic) bond motifs is 1. The highest BCUT2D eigenvalue weighted by atomic mass is 16.2.